The molecule has 38 heavy (non-hydrogen) atoms. The van der Waals surface area contributed by atoms with Crippen LogP contribution in [0.2, 0.25) is 5.02 Å². The molecule has 2 aliphatic rings. The van der Waals surface area contributed by atoms with E-state index in [2.05, 4.69) is 136 Å². The average molecular weight is 512 g/mol. The van der Waals surface area contributed by atoms with Crippen molar-refractivity contribution in [3.8, 4) is 22.3 Å². The Morgan fingerprint density at radius 3 is 1.55 bits per heavy atom. The fraction of sp³-hybridized carbons (Fsp3) is 0.167. The van der Waals surface area contributed by atoms with Crippen molar-refractivity contribution in [2.45, 2.75) is 38.5 Å². The second kappa shape index (κ2) is 8.09. The van der Waals surface area contributed by atoms with Crippen molar-refractivity contribution in [1.82, 2.24) is 0 Å². The van der Waals surface area contributed by atoms with Crippen LogP contribution in [-0.2, 0) is 10.8 Å². The molecule has 0 unspecified atom stereocenters. The standard InChI is InChI=1S/C36H30ClN/c1-35(2)31-13-9-8-12-27(31)29-18-15-25(21-33(29)35)38(24-10-6-5-7-11-24)26-16-19-30-28-17-14-23(37)20-32(28)36(3,4)34(30)22-26/h5-22H,1-4H3. The zero-order chi connectivity index (χ0) is 26.2. The van der Waals surface area contributed by atoms with Crippen LogP contribution in [0.4, 0.5) is 17.1 Å². The Bertz CT molecular complexity index is 1730. The molecular weight excluding hydrogens is 482 g/mol. The molecule has 0 saturated heterocycles. The topological polar surface area (TPSA) is 3.24 Å². The maximum absolute atomic E-state index is 6.43. The first-order valence-corrected chi connectivity index (χ1v) is 13.7. The molecule has 0 aromatic heterocycles. The summed E-state index contributed by atoms with van der Waals surface area (Å²) in [6, 6.07) is 39.7. The lowest BCUT2D eigenvalue weighted by molar-refractivity contribution is 0.660. The van der Waals surface area contributed by atoms with Gasteiger partial charge in [0.15, 0.2) is 0 Å². The molecule has 5 aromatic carbocycles. The van der Waals surface area contributed by atoms with Crippen LogP contribution >= 0.6 is 11.6 Å². The summed E-state index contributed by atoms with van der Waals surface area (Å²) < 4.78 is 0. The SMILES string of the molecule is CC1(C)c2ccccc2-c2ccc(N(c3ccccc3)c3ccc4c(c3)C(C)(C)c3cc(Cl)ccc3-4)cc21. The monoisotopic (exact) mass is 511 g/mol. The Labute approximate surface area is 230 Å². The minimum atomic E-state index is -0.129. The van der Waals surface area contributed by atoms with Crippen LogP contribution in [0.3, 0.4) is 0 Å². The number of rotatable bonds is 3. The van der Waals surface area contributed by atoms with Gasteiger partial charge in [-0.1, -0.05) is 100.0 Å². The second-order valence-corrected chi connectivity index (χ2v) is 12.1. The summed E-state index contributed by atoms with van der Waals surface area (Å²) in [4.78, 5) is 2.39. The number of fused-ring (bicyclic) bond motifs is 6. The van der Waals surface area contributed by atoms with Crippen LogP contribution in [0, 0.1) is 0 Å². The number of hydrogen-bond donors (Lipinski definition) is 0. The van der Waals surface area contributed by atoms with Crippen LogP contribution < -0.4 is 4.90 Å². The van der Waals surface area contributed by atoms with E-state index < -0.39 is 0 Å². The Morgan fingerprint density at radius 1 is 0.447 bits per heavy atom. The van der Waals surface area contributed by atoms with Crippen molar-refractivity contribution in [2.75, 3.05) is 4.90 Å². The number of anilines is 3. The molecule has 1 nitrogen and oxygen atoms in total. The second-order valence-electron chi connectivity index (χ2n) is 11.6. The van der Waals surface area contributed by atoms with Crippen LogP contribution in [0.25, 0.3) is 22.3 Å². The van der Waals surface area contributed by atoms with Gasteiger partial charge >= 0.3 is 0 Å². The van der Waals surface area contributed by atoms with Gasteiger partial charge < -0.3 is 4.90 Å². The van der Waals surface area contributed by atoms with Gasteiger partial charge in [0.05, 0.1) is 0 Å². The lowest BCUT2D eigenvalue weighted by Crippen LogP contribution is -2.18. The zero-order valence-corrected chi connectivity index (χ0v) is 23.0. The highest BCUT2D eigenvalue weighted by molar-refractivity contribution is 6.30. The maximum Gasteiger partial charge on any atom is 0.0465 e. The molecule has 0 fully saturated rings. The molecule has 0 saturated carbocycles. The molecule has 0 aliphatic heterocycles. The number of benzene rings is 5. The molecule has 0 radical (unpaired) electrons. The Kier molecular flexibility index (Phi) is 4.97. The van der Waals surface area contributed by atoms with E-state index in [1.165, 1.54) is 50.2 Å². The molecule has 5 aromatic rings. The summed E-state index contributed by atoms with van der Waals surface area (Å²) in [5.74, 6) is 0. The molecule has 0 heterocycles. The van der Waals surface area contributed by atoms with E-state index in [0.29, 0.717) is 0 Å². The Hall–Kier alpha value is -3.81. The van der Waals surface area contributed by atoms with Gasteiger partial charge in [0.2, 0.25) is 0 Å². The normalized spacial score (nSPS) is 15.4. The van der Waals surface area contributed by atoms with Crippen molar-refractivity contribution >= 4 is 28.7 Å². The summed E-state index contributed by atoms with van der Waals surface area (Å²) in [5, 5.41) is 0.789. The summed E-state index contributed by atoms with van der Waals surface area (Å²) in [6.07, 6.45) is 0. The Balaban J connectivity index is 1.41. The average Bonchev–Trinajstić information content (AvgIpc) is 3.29. The maximum atomic E-state index is 6.43. The third-order valence-electron chi connectivity index (χ3n) is 8.72. The zero-order valence-electron chi connectivity index (χ0n) is 22.2. The highest BCUT2D eigenvalue weighted by atomic mass is 35.5. The van der Waals surface area contributed by atoms with E-state index in [0.717, 1.165) is 16.4 Å². The third kappa shape index (κ3) is 3.25. The molecule has 7 rings (SSSR count). The van der Waals surface area contributed by atoms with Crippen molar-refractivity contribution in [3.63, 3.8) is 0 Å². The molecule has 0 spiro atoms. The van der Waals surface area contributed by atoms with Crippen molar-refractivity contribution in [2.24, 2.45) is 0 Å². The van der Waals surface area contributed by atoms with Gasteiger partial charge in [-0.25, -0.2) is 0 Å². The first-order chi connectivity index (χ1) is 18.3. The molecule has 0 N–H and O–H groups in total. The van der Waals surface area contributed by atoms with E-state index in [9.17, 15) is 0 Å². The number of nitrogens with zero attached hydrogens (tertiary/aromatic N) is 1. The van der Waals surface area contributed by atoms with E-state index in [1.54, 1.807) is 0 Å². The molecule has 2 aliphatic carbocycles. The van der Waals surface area contributed by atoms with Crippen molar-refractivity contribution < 1.29 is 0 Å². The molecule has 0 atom stereocenters. The summed E-state index contributed by atoms with van der Waals surface area (Å²) in [7, 11) is 0. The quantitative estimate of drug-likeness (QED) is 0.233. The third-order valence-corrected chi connectivity index (χ3v) is 8.95. The van der Waals surface area contributed by atoms with Crippen LogP contribution in [0.15, 0.2) is 109 Å². The minimum Gasteiger partial charge on any atom is -0.310 e. The van der Waals surface area contributed by atoms with E-state index in [-0.39, 0.29) is 10.8 Å². The highest BCUT2D eigenvalue weighted by Crippen LogP contribution is 2.53. The van der Waals surface area contributed by atoms with Crippen LogP contribution in [-0.4, -0.2) is 0 Å². The minimum absolute atomic E-state index is 0.0505. The van der Waals surface area contributed by atoms with E-state index in [1.807, 2.05) is 6.07 Å². The summed E-state index contributed by atoms with van der Waals surface area (Å²) in [5.41, 5.74) is 14.0. The molecular formula is C36H30ClN. The van der Waals surface area contributed by atoms with E-state index in [4.69, 9.17) is 11.6 Å². The molecule has 186 valence electrons. The summed E-state index contributed by atoms with van der Waals surface area (Å²) >= 11 is 6.43. The largest absolute Gasteiger partial charge is 0.310 e. The molecule has 0 amide bonds. The van der Waals surface area contributed by atoms with Gasteiger partial charge in [0, 0.05) is 32.9 Å². The number of halogens is 1. The van der Waals surface area contributed by atoms with Gasteiger partial charge in [-0.15, -0.1) is 0 Å². The smallest absolute Gasteiger partial charge is 0.0465 e. The highest BCUT2D eigenvalue weighted by Gasteiger charge is 2.37. The van der Waals surface area contributed by atoms with Gasteiger partial charge in [0.25, 0.3) is 0 Å². The fourth-order valence-corrected chi connectivity index (χ4v) is 6.86. The van der Waals surface area contributed by atoms with Crippen molar-refractivity contribution in [3.05, 3.63) is 136 Å². The Morgan fingerprint density at radius 2 is 0.921 bits per heavy atom. The fourth-order valence-electron chi connectivity index (χ4n) is 6.69. The lowest BCUT2D eigenvalue weighted by Gasteiger charge is -2.29. The van der Waals surface area contributed by atoms with Crippen molar-refractivity contribution in [1.29, 1.82) is 0 Å². The first-order valence-electron chi connectivity index (χ1n) is 13.3. The van der Waals surface area contributed by atoms with Crippen LogP contribution in [0.5, 0.6) is 0 Å². The lowest BCUT2D eigenvalue weighted by atomic mass is 9.82. The molecule has 0 bridgehead atoms. The first kappa shape index (κ1) is 23.3. The number of hydrogen-bond acceptors (Lipinski definition) is 1. The predicted octanol–water partition coefficient (Wildman–Crippen LogP) is 10.4. The van der Waals surface area contributed by atoms with Gasteiger partial charge in [0.1, 0.15) is 0 Å². The van der Waals surface area contributed by atoms with Gasteiger partial charge in [-0.3, -0.25) is 0 Å². The van der Waals surface area contributed by atoms with Crippen LogP contribution in [0.1, 0.15) is 49.9 Å². The molecule has 2 heteroatoms. The van der Waals surface area contributed by atoms with Gasteiger partial charge in [-0.05, 0) is 93.0 Å². The van der Waals surface area contributed by atoms with E-state index >= 15 is 0 Å². The number of para-hydroxylation sites is 1. The van der Waals surface area contributed by atoms with Gasteiger partial charge in [-0.2, -0.15) is 0 Å². The summed E-state index contributed by atoms with van der Waals surface area (Å²) in [6.45, 7) is 9.29. The predicted molar refractivity (Wildman–Crippen MR) is 161 cm³/mol.